The molecule has 8 aromatic carbocycles. The number of likely N-dealkylation sites (tertiary alicyclic amines) is 4. The molecule has 0 N–H and O–H groups in total. The fraction of sp³-hybridized carbons (Fsp3) is 0.343. The number of carbonyl (C=O) groups is 2. The summed E-state index contributed by atoms with van der Waals surface area (Å²) in [5.74, 6) is 2.54. The average Bonchev–Trinajstić information content (AvgIpc) is 4.27. The Morgan fingerprint density at radius 2 is 0.921 bits per heavy atom. The first-order chi connectivity index (χ1) is 37.3. The molecule has 8 aromatic rings. The van der Waals surface area contributed by atoms with E-state index in [-0.39, 0.29) is 10.8 Å². The van der Waals surface area contributed by atoms with Gasteiger partial charge in [-0.05, 0) is 142 Å². The molecule has 0 amide bonds. The molecule has 0 radical (unpaired) electrons. The molecule has 0 unspecified atom stereocenters. The van der Waals surface area contributed by atoms with Crippen molar-refractivity contribution in [2.45, 2.75) is 74.3 Å². The molecular weight excluding hydrogens is 929 g/mol. The van der Waals surface area contributed by atoms with Crippen LogP contribution in [0, 0.1) is 11.8 Å². The zero-order chi connectivity index (χ0) is 50.8. The Morgan fingerprint density at radius 1 is 0.408 bits per heavy atom. The van der Waals surface area contributed by atoms with Crippen LogP contribution >= 0.6 is 0 Å². The fourth-order valence-corrected chi connectivity index (χ4v) is 15.8. The summed E-state index contributed by atoms with van der Waals surface area (Å²) in [7, 11) is 0. The lowest BCUT2D eigenvalue weighted by Crippen LogP contribution is -2.44. The van der Waals surface area contributed by atoms with Crippen LogP contribution in [0.5, 0.6) is 0 Å². The van der Waals surface area contributed by atoms with E-state index in [0.29, 0.717) is 48.1 Å². The van der Waals surface area contributed by atoms with Crippen molar-refractivity contribution < 1.29 is 9.59 Å². The van der Waals surface area contributed by atoms with E-state index in [2.05, 4.69) is 183 Å². The average molecular weight is 999 g/mol. The van der Waals surface area contributed by atoms with Crippen LogP contribution in [0.4, 0.5) is 0 Å². The highest BCUT2D eigenvalue weighted by Gasteiger charge is 2.47. The minimum Gasteiger partial charge on any atom is -0.303 e. The third kappa shape index (κ3) is 8.85. The second-order valence-corrected chi connectivity index (χ2v) is 24.1. The Labute approximate surface area is 449 Å². The number of piperidine rings is 2. The van der Waals surface area contributed by atoms with E-state index < -0.39 is 0 Å². The molecule has 4 fully saturated rings. The summed E-state index contributed by atoms with van der Waals surface area (Å²) in [5.41, 5.74) is 12.9. The Bertz CT molecular complexity index is 3470. The van der Waals surface area contributed by atoms with Crippen LogP contribution in [0.25, 0.3) is 32.7 Å². The van der Waals surface area contributed by atoms with E-state index in [0.717, 1.165) is 115 Å². The molecule has 6 nitrogen and oxygen atoms in total. The van der Waals surface area contributed by atoms with Crippen LogP contribution in [0.15, 0.2) is 182 Å². The van der Waals surface area contributed by atoms with Crippen LogP contribution < -0.4 is 0 Å². The SMILES string of the molecule is O=C1CC2(CCN(C[C@H]3CN(Cc4cc(-c5cccc([C@H]6CN(Cc7cccc8ccccc78)C[C@@H]6CN6CCC7(CC6)CC(=O)c6ccccc67)c5)c5ccccc5c4)C[C@@H]3c3ccccc3)CC2)c2ccccc21. The highest BCUT2D eigenvalue weighted by atomic mass is 16.1. The minimum absolute atomic E-state index is 0.00384. The number of nitrogens with zero attached hydrogens (tertiary/aromatic N) is 4. The van der Waals surface area contributed by atoms with Crippen LogP contribution in [-0.4, -0.2) is 96.6 Å². The molecule has 4 aliphatic heterocycles. The molecule has 14 rings (SSSR count). The number of carbonyl (C=O) groups excluding carboxylic acids is 2. The van der Waals surface area contributed by atoms with E-state index in [9.17, 15) is 9.59 Å². The maximum absolute atomic E-state index is 13.2. The number of fused-ring (bicyclic) bond motifs is 6. The predicted molar refractivity (Wildman–Crippen MR) is 308 cm³/mol. The quantitative estimate of drug-likeness (QED) is 0.129. The minimum atomic E-state index is -0.00384. The van der Waals surface area contributed by atoms with Crippen molar-refractivity contribution >= 4 is 33.1 Å². The largest absolute Gasteiger partial charge is 0.303 e. The van der Waals surface area contributed by atoms with Crippen molar-refractivity contribution in [2.75, 3.05) is 65.4 Å². The number of Topliss-reactive ketones (excluding diaryl/α,β-unsaturated/α-hetero) is 2. The van der Waals surface area contributed by atoms with E-state index in [1.807, 2.05) is 18.2 Å². The van der Waals surface area contributed by atoms with Gasteiger partial charge in [-0.25, -0.2) is 0 Å². The summed E-state index contributed by atoms with van der Waals surface area (Å²) in [6.07, 6.45) is 5.57. The van der Waals surface area contributed by atoms with Crippen molar-refractivity contribution in [1.29, 1.82) is 0 Å². The summed E-state index contributed by atoms with van der Waals surface area (Å²) in [6.45, 7) is 12.4. The normalized spacial score (nSPS) is 23.6. The maximum atomic E-state index is 13.2. The zero-order valence-electron chi connectivity index (χ0n) is 44.0. The van der Waals surface area contributed by atoms with Crippen LogP contribution in [-0.2, 0) is 23.9 Å². The molecule has 6 heteroatoms. The molecule has 2 aliphatic carbocycles. The fourth-order valence-electron chi connectivity index (χ4n) is 15.8. The van der Waals surface area contributed by atoms with Gasteiger partial charge in [0.15, 0.2) is 11.6 Å². The topological polar surface area (TPSA) is 47.1 Å². The third-order valence-corrected chi connectivity index (χ3v) is 19.7. The number of rotatable bonds is 11. The van der Waals surface area contributed by atoms with Gasteiger partial charge in [-0.15, -0.1) is 0 Å². The third-order valence-electron chi connectivity index (χ3n) is 19.7. The molecule has 382 valence electrons. The first-order valence-corrected chi connectivity index (χ1v) is 28.6. The first kappa shape index (κ1) is 47.9. The second-order valence-electron chi connectivity index (χ2n) is 24.1. The molecule has 4 saturated heterocycles. The van der Waals surface area contributed by atoms with Crippen LogP contribution in [0.3, 0.4) is 0 Å². The van der Waals surface area contributed by atoms with Crippen molar-refractivity contribution in [3.8, 4) is 11.1 Å². The van der Waals surface area contributed by atoms with Gasteiger partial charge in [0.1, 0.15) is 0 Å². The highest BCUT2D eigenvalue weighted by molar-refractivity contribution is 6.03. The lowest BCUT2D eigenvalue weighted by atomic mass is 9.73. The number of ketones is 2. The number of hydrogen-bond acceptors (Lipinski definition) is 6. The van der Waals surface area contributed by atoms with Gasteiger partial charge in [-0.1, -0.05) is 170 Å². The summed E-state index contributed by atoms with van der Waals surface area (Å²) in [6, 6.07) is 67.5. The monoisotopic (exact) mass is 999 g/mol. The Balaban J connectivity index is 0.723. The Morgan fingerprint density at radius 3 is 1.58 bits per heavy atom. The van der Waals surface area contributed by atoms with Crippen LogP contribution in [0.1, 0.15) is 104 Å². The van der Waals surface area contributed by atoms with Gasteiger partial charge in [-0.2, -0.15) is 0 Å². The Kier molecular flexibility index (Phi) is 12.5. The second kappa shape index (κ2) is 19.8. The summed E-state index contributed by atoms with van der Waals surface area (Å²) < 4.78 is 0. The van der Waals surface area contributed by atoms with E-state index in [4.69, 9.17) is 0 Å². The van der Waals surface area contributed by atoms with E-state index in [1.165, 1.54) is 66.1 Å². The van der Waals surface area contributed by atoms with Gasteiger partial charge in [-0.3, -0.25) is 19.4 Å². The van der Waals surface area contributed by atoms with Crippen LogP contribution in [0.2, 0.25) is 0 Å². The molecule has 0 aromatic heterocycles. The lowest BCUT2D eigenvalue weighted by Gasteiger charge is -2.41. The maximum Gasteiger partial charge on any atom is 0.164 e. The van der Waals surface area contributed by atoms with Crippen molar-refractivity contribution in [3.05, 3.63) is 226 Å². The molecule has 76 heavy (non-hydrogen) atoms. The van der Waals surface area contributed by atoms with E-state index >= 15 is 0 Å². The van der Waals surface area contributed by atoms with E-state index in [1.54, 1.807) is 0 Å². The summed E-state index contributed by atoms with van der Waals surface area (Å²) >= 11 is 0. The van der Waals surface area contributed by atoms with Crippen molar-refractivity contribution in [2.24, 2.45) is 11.8 Å². The molecular formula is C70H70N4O2. The molecule has 2 spiro atoms. The summed E-state index contributed by atoms with van der Waals surface area (Å²) in [4.78, 5) is 37.3. The predicted octanol–water partition coefficient (Wildman–Crippen LogP) is 13.3. The van der Waals surface area contributed by atoms with Gasteiger partial charge in [0.05, 0.1) is 0 Å². The molecule has 6 aliphatic rings. The molecule has 4 atom stereocenters. The molecule has 0 saturated carbocycles. The van der Waals surface area contributed by atoms with Gasteiger partial charge in [0.25, 0.3) is 0 Å². The summed E-state index contributed by atoms with van der Waals surface area (Å²) in [5, 5.41) is 5.29. The highest BCUT2D eigenvalue weighted by Crippen LogP contribution is 2.49. The standard InChI is InChI=1S/C70H70N4O2/c75-67-39-69(65-26-10-8-24-60(65)67)28-32-71(33-29-69)43-56-45-73(47-63(56)51-14-2-1-3-15-51)41-49-36-52-17-5-7-23-59(52)62(37-49)53-19-13-20-54(38-53)64-48-74(42-55-21-12-18-50-16-4-6-22-58(50)55)46-57(64)44-72-34-30-70(31-35-72)40-68(76)61-25-9-11-27-66(61)70/h1-27,36-38,56-57,63-64H,28-35,39-48H2/t56-,57-,63+,64+/m0/s1. The van der Waals surface area contributed by atoms with Crippen molar-refractivity contribution in [3.63, 3.8) is 0 Å². The lowest BCUT2D eigenvalue weighted by molar-refractivity contribution is 0.0914. The molecule has 0 bridgehead atoms. The van der Waals surface area contributed by atoms with Gasteiger partial charge in [0.2, 0.25) is 0 Å². The zero-order valence-corrected chi connectivity index (χ0v) is 44.0. The van der Waals surface area contributed by atoms with Crippen molar-refractivity contribution in [1.82, 2.24) is 19.6 Å². The smallest absolute Gasteiger partial charge is 0.164 e. The number of benzene rings is 8. The molecule has 4 heterocycles. The van der Waals surface area contributed by atoms with Gasteiger partial charge < -0.3 is 9.80 Å². The van der Waals surface area contributed by atoms with Gasteiger partial charge in [0, 0.05) is 99.0 Å². The number of hydrogen-bond donors (Lipinski definition) is 0. The Hall–Kier alpha value is -6.54. The first-order valence-electron chi connectivity index (χ1n) is 28.6. The van der Waals surface area contributed by atoms with Gasteiger partial charge >= 0.3 is 0 Å².